The fourth-order valence-corrected chi connectivity index (χ4v) is 4.69. The summed E-state index contributed by atoms with van der Waals surface area (Å²) in [5.41, 5.74) is 1.23. The van der Waals surface area contributed by atoms with Gasteiger partial charge in [-0.1, -0.05) is 6.92 Å². The number of nitrogens with zero attached hydrogens (tertiary/aromatic N) is 4. The summed E-state index contributed by atoms with van der Waals surface area (Å²) in [5, 5.41) is 10.2. The summed E-state index contributed by atoms with van der Waals surface area (Å²) in [6.07, 6.45) is 2.86. The lowest BCUT2D eigenvalue weighted by atomic mass is 9.81. The van der Waals surface area contributed by atoms with Crippen molar-refractivity contribution in [3.05, 3.63) is 29.7 Å². The molecule has 1 saturated heterocycles. The van der Waals surface area contributed by atoms with E-state index in [0.29, 0.717) is 36.9 Å². The van der Waals surface area contributed by atoms with Crippen LogP contribution in [0.4, 0.5) is 18.4 Å². The quantitative estimate of drug-likeness (QED) is 0.649. The van der Waals surface area contributed by atoms with Gasteiger partial charge >= 0.3 is 12.1 Å². The molecule has 1 aliphatic carbocycles. The highest BCUT2D eigenvalue weighted by Gasteiger charge is 2.39. The fraction of sp³-hybridized carbons (Fsp3) is 0.667. The summed E-state index contributed by atoms with van der Waals surface area (Å²) in [4.78, 5) is 31.2. The lowest BCUT2D eigenvalue weighted by Crippen LogP contribution is -2.49. The minimum Gasteiger partial charge on any atom is -0.444 e. The van der Waals surface area contributed by atoms with E-state index >= 15 is 0 Å². The molecule has 2 fully saturated rings. The zero-order chi connectivity index (χ0) is 25.4. The van der Waals surface area contributed by atoms with Crippen LogP contribution in [0.3, 0.4) is 0 Å². The van der Waals surface area contributed by atoms with Gasteiger partial charge in [-0.05, 0) is 57.1 Å². The third-order valence-corrected chi connectivity index (χ3v) is 6.41. The third kappa shape index (κ3) is 6.37. The van der Waals surface area contributed by atoms with Crippen LogP contribution in [0.5, 0.6) is 0 Å². The number of amides is 3. The maximum Gasteiger partial charge on any atom is 0.408 e. The zero-order valence-corrected chi connectivity index (χ0v) is 20.7. The SMILES string of the molecule is CC1CNC(=O)N(Cc2cnn3cc([C@@H](NC(=O)OC(C)(C)C)C4CCC(F)(F)CC4)nc3c2)C1. The van der Waals surface area contributed by atoms with E-state index in [1.165, 1.54) is 0 Å². The standard InChI is InChI=1S/C24H34F2N6O3/c1-15-10-27-21(33)31(12-15)13-16-9-19-29-18(14-32(19)28-11-16)20(30-22(34)35-23(2,3)4)17-5-7-24(25,26)8-6-17/h9,11,14-15,17,20H,5-8,10,12-13H2,1-4H3,(H,27,33)(H,30,34)/t15?,20-/m0/s1. The first kappa shape index (κ1) is 25.1. The maximum atomic E-state index is 13.8. The molecule has 0 spiro atoms. The van der Waals surface area contributed by atoms with Gasteiger partial charge in [0.05, 0.1) is 24.1 Å². The summed E-state index contributed by atoms with van der Waals surface area (Å²) in [5.74, 6) is -2.53. The van der Waals surface area contributed by atoms with Crippen LogP contribution in [0.15, 0.2) is 18.5 Å². The molecule has 35 heavy (non-hydrogen) atoms. The molecular weight excluding hydrogens is 458 g/mol. The topological polar surface area (TPSA) is 101 Å². The van der Waals surface area contributed by atoms with Crippen LogP contribution in [-0.4, -0.2) is 56.2 Å². The van der Waals surface area contributed by atoms with Crippen LogP contribution >= 0.6 is 0 Å². The van der Waals surface area contributed by atoms with E-state index in [4.69, 9.17) is 4.74 Å². The number of imidazole rings is 1. The number of carbonyl (C=O) groups excluding carboxylic acids is 2. The fourth-order valence-electron chi connectivity index (χ4n) is 4.69. The summed E-state index contributed by atoms with van der Waals surface area (Å²) in [6.45, 7) is 9.10. The first-order chi connectivity index (χ1) is 16.4. The summed E-state index contributed by atoms with van der Waals surface area (Å²) >= 11 is 0. The molecule has 1 saturated carbocycles. The Morgan fingerprint density at radius 2 is 2.06 bits per heavy atom. The number of hydrogen-bond acceptors (Lipinski definition) is 5. The van der Waals surface area contributed by atoms with E-state index in [1.807, 2.05) is 6.07 Å². The Bertz CT molecular complexity index is 1070. The van der Waals surface area contributed by atoms with E-state index in [2.05, 4.69) is 27.6 Å². The molecule has 2 atom stereocenters. The van der Waals surface area contributed by atoms with Crippen molar-refractivity contribution in [3.8, 4) is 0 Å². The van der Waals surface area contributed by atoms with Gasteiger partial charge in [-0.15, -0.1) is 0 Å². The van der Waals surface area contributed by atoms with Crippen molar-refractivity contribution >= 4 is 17.8 Å². The number of nitrogens with one attached hydrogen (secondary N) is 2. The van der Waals surface area contributed by atoms with Crippen LogP contribution in [-0.2, 0) is 11.3 Å². The van der Waals surface area contributed by atoms with E-state index in [-0.39, 0.29) is 37.6 Å². The average molecular weight is 493 g/mol. The van der Waals surface area contributed by atoms with Gasteiger partial charge in [-0.2, -0.15) is 5.10 Å². The Morgan fingerprint density at radius 3 is 2.74 bits per heavy atom. The van der Waals surface area contributed by atoms with Crippen LogP contribution in [0.25, 0.3) is 5.65 Å². The van der Waals surface area contributed by atoms with Crippen LogP contribution in [0, 0.1) is 11.8 Å². The molecule has 9 nitrogen and oxygen atoms in total. The third-order valence-electron chi connectivity index (χ3n) is 6.41. The highest BCUT2D eigenvalue weighted by molar-refractivity contribution is 5.75. The number of rotatable bonds is 5. The molecule has 0 aromatic carbocycles. The van der Waals surface area contributed by atoms with Crippen molar-refractivity contribution in [3.63, 3.8) is 0 Å². The smallest absolute Gasteiger partial charge is 0.408 e. The minimum absolute atomic E-state index is 0.109. The summed E-state index contributed by atoms with van der Waals surface area (Å²) in [6, 6.07) is 1.16. The Labute approximate surface area is 203 Å². The van der Waals surface area contributed by atoms with Crippen LogP contribution in [0.1, 0.15) is 70.7 Å². The van der Waals surface area contributed by atoms with Crippen molar-refractivity contribution in [1.82, 2.24) is 30.1 Å². The van der Waals surface area contributed by atoms with Crippen LogP contribution in [0.2, 0.25) is 0 Å². The highest BCUT2D eigenvalue weighted by Crippen LogP contribution is 2.41. The zero-order valence-electron chi connectivity index (χ0n) is 20.7. The minimum atomic E-state index is -2.68. The normalized spacial score (nSPS) is 22.1. The number of carbonyl (C=O) groups is 2. The monoisotopic (exact) mass is 492 g/mol. The largest absolute Gasteiger partial charge is 0.444 e. The van der Waals surface area contributed by atoms with Crippen molar-refractivity contribution in [2.75, 3.05) is 13.1 Å². The number of alkyl halides is 2. The number of hydrogen-bond donors (Lipinski definition) is 2. The molecule has 0 bridgehead atoms. The van der Waals surface area contributed by atoms with E-state index in [0.717, 1.165) is 5.56 Å². The highest BCUT2D eigenvalue weighted by atomic mass is 19.3. The molecular formula is C24H34F2N6O3. The Hall–Kier alpha value is -2.98. The van der Waals surface area contributed by atoms with E-state index in [1.54, 1.807) is 42.6 Å². The number of halogens is 2. The molecule has 0 radical (unpaired) electrons. The Morgan fingerprint density at radius 1 is 1.34 bits per heavy atom. The number of fused-ring (bicyclic) bond motifs is 1. The second-order valence-electron chi connectivity index (χ2n) is 10.8. The van der Waals surface area contributed by atoms with Crippen LogP contribution < -0.4 is 10.6 Å². The van der Waals surface area contributed by atoms with Gasteiger partial charge in [0.25, 0.3) is 0 Å². The Kier molecular flexibility index (Phi) is 6.88. The second-order valence-corrected chi connectivity index (χ2v) is 10.8. The number of ether oxygens (including phenoxy) is 1. The van der Waals surface area contributed by atoms with Gasteiger partial charge in [-0.3, -0.25) is 0 Å². The molecule has 11 heteroatoms. The lowest BCUT2D eigenvalue weighted by Gasteiger charge is -2.33. The number of urea groups is 1. The maximum absolute atomic E-state index is 13.8. The van der Waals surface area contributed by atoms with Gasteiger partial charge < -0.3 is 20.3 Å². The molecule has 1 unspecified atom stereocenters. The predicted molar refractivity (Wildman–Crippen MR) is 125 cm³/mol. The Balaban J connectivity index is 1.56. The first-order valence-corrected chi connectivity index (χ1v) is 12.1. The van der Waals surface area contributed by atoms with Gasteiger partial charge in [0, 0.05) is 32.5 Å². The lowest BCUT2D eigenvalue weighted by molar-refractivity contribution is -0.0500. The first-order valence-electron chi connectivity index (χ1n) is 12.1. The second kappa shape index (κ2) is 9.58. The number of alkyl carbamates (subject to hydrolysis) is 1. The molecule has 1 aliphatic heterocycles. The molecule has 192 valence electrons. The van der Waals surface area contributed by atoms with Crippen molar-refractivity contribution in [2.24, 2.45) is 11.8 Å². The van der Waals surface area contributed by atoms with E-state index in [9.17, 15) is 18.4 Å². The van der Waals surface area contributed by atoms with Crippen molar-refractivity contribution in [1.29, 1.82) is 0 Å². The molecule has 2 N–H and O–H groups in total. The molecule has 3 heterocycles. The summed E-state index contributed by atoms with van der Waals surface area (Å²) < 4.78 is 34.6. The summed E-state index contributed by atoms with van der Waals surface area (Å²) in [7, 11) is 0. The van der Waals surface area contributed by atoms with Gasteiger partial charge in [-0.25, -0.2) is 27.9 Å². The molecule has 4 rings (SSSR count). The van der Waals surface area contributed by atoms with Gasteiger partial charge in [0.2, 0.25) is 5.92 Å². The predicted octanol–water partition coefficient (Wildman–Crippen LogP) is 4.28. The molecule has 2 aliphatic rings. The van der Waals surface area contributed by atoms with Gasteiger partial charge in [0.1, 0.15) is 5.60 Å². The van der Waals surface area contributed by atoms with Crippen molar-refractivity contribution in [2.45, 2.75) is 77.5 Å². The average Bonchev–Trinajstić information content (AvgIpc) is 3.17. The number of aromatic nitrogens is 3. The molecule has 3 amide bonds. The van der Waals surface area contributed by atoms with E-state index < -0.39 is 23.7 Å². The van der Waals surface area contributed by atoms with Crippen molar-refractivity contribution < 1.29 is 23.1 Å². The van der Waals surface area contributed by atoms with Gasteiger partial charge in [0.15, 0.2) is 5.65 Å². The molecule has 2 aromatic heterocycles. The molecule has 2 aromatic rings.